The van der Waals surface area contributed by atoms with Crippen molar-refractivity contribution < 1.29 is 9.53 Å². The average Bonchev–Trinajstić information content (AvgIpc) is 3.39. The third-order valence-electron chi connectivity index (χ3n) is 5.34. The lowest BCUT2D eigenvalue weighted by atomic mass is 10.2. The predicted molar refractivity (Wildman–Crippen MR) is 108 cm³/mol. The molecule has 0 N–H and O–H groups in total. The highest BCUT2D eigenvalue weighted by Crippen LogP contribution is 2.28. The van der Waals surface area contributed by atoms with Crippen molar-refractivity contribution in [2.75, 3.05) is 13.1 Å². The molecule has 9 heteroatoms. The van der Waals surface area contributed by atoms with Gasteiger partial charge >= 0.3 is 11.7 Å². The normalized spacial score (nSPS) is 14.0. The molecular formula is C20H23N5O4. The molecule has 1 saturated heterocycles. The van der Waals surface area contributed by atoms with Crippen LogP contribution in [0.25, 0.3) is 11.2 Å². The first-order chi connectivity index (χ1) is 13.9. The number of imidazole rings is 1. The fourth-order valence-electron chi connectivity index (χ4n) is 3.72. The number of benzene rings is 1. The Morgan fingerprint density at radius 2 is 1.79 bits per heavy atom. The first kappa shape index (κ1) is 19.0. The molecule has 1 amide bonds. The van der Waals surface area contributed by atoms with Crippen LogP contribution in [0.3, 0.4) is 0 Å². The number of likely N-dealkylation sites (tertiary alicyclic amines) is 1. The number of para-hydroxylation sites is 1. The van der Waals surface area contributed by atoms with Gasteiger partial charge in [-0.3, -0.25) is 23.3 Å². The molecule has 4 rings (SSSR count). The maximum atomic E-state index is 12.9. The molecule has 9 nitrogen and oxygen atoms in total. The SMILES string of the molecule is CCn1c(Oc2ccccc2C(=O)N2CCCC2)nc2c1c(=O)n(C)c(=O)n2C. The minimum Gasteiger partial charge on any atom is -0.425 e. The highest BCUT2D eigenvalue weighted by Gasteiger charge is 2.24. The molecule has 3 aromatic rings. The number of aromatic nitrogens is 4. The van der Waals surface area contributed by atoms with Crippen LogP contribution in [-0.4, -0.2) is 42.6 Å². The molecule has 2 aromatic heterocycles. The van der Waals surface area contributed by atoms with Gasteiger partial charge in [0.2, 0.25) is 0 Å². The predicted octanol–water partition coefficient (Wildman–Crippen LogP) is 1.48. The molecule has 1 aliphatic rings. The van der Waals surface area contributed by atoms with Gasteiger partial charge in [-0.2, -0.15) is 4.98 Å². The molecule has 1 aliphatic heterocycles. The number of aryl methyl sites for hydroxylation is 2. The van der Waals surface area contributed by atoms with Gasteiger partial charge in [-0.25, -0.2) is 4.79 Å². The van der Waals surface area contributed by atoms with Gasteiger partial charge in [-0.05, 0) is 31.9 Å². The van der Waals surface area contributed by atoms with E-state index in [0.717, 1.165) is 30.5 Å². The van der Waals surface area contributed by atoms with Crippen molar-refractivity contribution >= 4 is 17.1 Å². The maximum absolute atomic E-state index is 12.9. The van der Waals surface area contributed by atoms with E-state index in [1.54, 1.807) is 35.9 Å². The number of hydrogen-bond acceptors (Lipinski definition) is 5. The topological polar surface area (TPSA) is 91.4 Å². The Morgan fingerprint density at radius 3 is 2.48 bits per heavy atom. The van der Waals surface area contributed by atoms with Crippen LogP contribution in [0, 0.1) is 0 Å². The molecule has 0 atom stereocenters. The smallest absolute Gasteiger partial charge is 0.332 e. The molecule has 0 spiro atoms. The number of carbonyl (C=O) groups excluding carboxylic acids is 1. The van der Waals surface area contributed by atoms with E-state index in [0.29, 0.717) is 17.9 Å². The molecule has 0 saturated carbocycles. The van der Waals surface area contributed by atoms with E-state index in [1.165, 1.54) is 11.6 Å². The van der Waals surface area contributed by atoms with Crippen LogP contribution in [0.15, 0.2) is 33.9 Å². The summed E-state index contributed by atoms with van der Waals surface area (Å²) in [6.07, 6.45) is 2.00. The van der Waals surface area contributed by atoms with Crippen molar-refractivity contribution in [3.63, 3.8) is 0 Å². The summed E-state index contributed by atoms with van der Waals surface area (Å²) in [5.74, 6) is 0.289. The summed E-state index contributed by atoms with van der Waals surface area (Å²) in [5.41, 5.74) is 0.0906. The third-order valence-corrected chi connectivity index (χ3v) is 5.34. The molecule has 29 heavy (non-hydrogen) atoms. The minimum atomic E-state index is -0.459. The van der Waals surface area contributed by atoms with Crippen molar-refractivity contribution in [2.24, 2.45) is 14.1 Å². The quantitative estimate of drug-likeness (QED) is 0.665. The molecular weight excluding hydrogens is 374 g/mol. The van der Waals surface area contributed by atoms with Gasteiger partial charge in [0.15, 0.2) is 11.2 Å². The highest BCUT2D eigenvalue weighted by atomic mass is 16.5. The first-order valence-corrected chi connectivity index (χ1v) is 9.66. The second-order valence-corrected chi connectivity index (χ2v) is 7.11. The van der Waals surface area contributed by atoms with Crippen molar-refractivity contribution in [2.45, 2.75) is 26.3 Å². The van der Waals surface area contributed by atoms with Crippen LogP contribution in [0.5, 0.6) is 11.8 Å². The Kier molecular flexibility index (Phi) is 4.73. The Labute approximate surface area is 166 Å². The Balaban J connectivity index is 1.83. The number of carbonyl (C=O) groups is 1. The van der Waals surface area contributed by atoms with E-state index < -0.39 is 11.2 Å². The largest absolute Gasteiger partial charge is 0.425 e. The van der Waals surface area contributed by atoms with Crippen LogP contribution >= 0.6 is 0 Å². The lowest BCUT2D eigenvalue weighted by molar-refractivity contribution is 0.0790. The zero-order chi connectivity index (χ0) is 20.7. The molecule has 0 bridgehead atoms. The Hall–Kier alpha value is -3.36. The molecule has 152 valence electrons. The van der Waals surface area contributed by atoms with E-state index in [9.17, 15) is 14.4 Å². The zero-order valence-electron chi connectivity index (χ0n) is 16.7. The second kappa shape index (κ2) is 7.23. The number of nitrogens with zero attached hydrogens (tertiary/aromatic N) is 5. The second-order valence-electron chi connectivity index (χ2n) is 7.11. The number of hydrogen-bond donors (Lipinski definition) is 0. The van der Waals surface area contributed by atoms with Gasteiger partial charge < -0.3 is 9.64 Å². The fraction of sp³-hybridized carbons (Fsp3) is 0.400. The van der Waals surface area contributed by atoms with Crippen molar-refractivity contribution in [1.82, 2.24) is 23.6 Å². The number of amides is 1. The van der Waals surface area contributed by atoms with E-state index in [1.807, 2.05) is 11.8 Å². The van der Waals surface area contributed by atoms with E-state index in [-0.39, 0.29) is 23.1 Å². The molecule has 1 fully saturated rings. The summed E-state index contributed by atoms with van der Waals surface area (Å²) in [6.45, 7) is 3.75. The van der Waals surface area contributed by atoms with Gasteiger partial charge in [0.25, 0.3) is 11.5 Å². The summed E-state index contributed by atoms with van der Waals surface area (Å²) in [4.78, 5) is 44.0. The summed E-state index contributed by atoms with van der Waals surface area (Å²) < 4.78 is 10.0. The standard InChI is InChI=1S/C20H23N5O4/c1-4-25-15-16(22(2)20(28)23(3)18(15)27)21-19(25)29-14-10-6-5-9-13(14)17(26)24-11-7-8-12-24/h5-6,9-10H,4,7-8,11-12H2,1-3H3. The van der Waals surface area contributed by atoms with E-state index >= 15 is 0 Å². The lowest BCUT2D eigenvalue weighted by Gasteiger charge is -2.17. The zero-order valence-corrected chi connectivity index (χ0v) is 16.7. The van der Waals surface area contributed by atoms with Crippen LogP contribution in [0.2, 0.25) is 0 Å². The number of fused-ring (bicyclic) bond motifs is 1. The van der Waals surface area contributed by atoms with Crippen LogP contribution in [0.4, 0.5) is 0 Å². The van der Waals surface area contributed by atoms with Gasteiger partial charge in [-0.1, -0.05) is 12.1 Å². The minimum absolute atomic E-state index is 0.0828. The first-order valence-electron chi connectivity index (χ1n) is 9.66. The van der Waals surface area contributed by atoms with E-state index in [2.05, 4.69) is 4.98 Å². The van der Waals surface area contributed by atoms with Gasteiger partial charge in [0.1, 0.15) is 5.75 Å². The lowest BCUT2D eigenvalue weighted by Crippen LogP contribution is -2.37. The van der Waals surface area contributed by atoms with Crippen molar-refractivity contribution in [3.05, 3.63) is 50.7 Å². The summed E-state index contributed by atoms with van der Waals surface area (Å²) in [5, 5.41) is 0. The number of ether oxygens (including phenoxy) is 1. The third kappa shape index (κ3) is 3.02. The molecule has 0 aliphatic carbocycles. The van der Waals surface area contributed by atoms with Crippen molar-refractivity contribution in [3.8, 4) is 11.8 Å². The average molecular weight is 397 g/mol. The van der Waals surface area contributed by atoms with Crippen molar-refractivity contribution in [1.29, 1.82) is 0 Å². The van der Waals surface area contributed by atoms with Crippen LogP contribution < -0.4 is 16.0 Å². The van der Waals surface area contributed by atoms with Gasteiger partial charge in [0, 0.05) is 33.7 Å². The van der Waals surface area contributed by atoms with Gasteiger partial charge in [-0.15, -0.1) is 0 Å². The summed E-state index contributed by atoms with van der Waals surface area (Å²) in [7, 11) is 2.99. The summed E-state index contributed by atoms with van der Waals surface area (Å²) >= 11 is 0. The Morgan fingerprint density at radius 1 is 1.10 bits per heavy atom. The molecule has 0 unspecified atom stereocenters. The molecule has 1 aromatic carbocycles. The van der Waals surface area contributed by atoms with Crippen LogP contribution in [0.1, 0.15) is 30.1 Å². The van der Waals surface area contributed by atoms with E-state index in [4.69, 9.17) is 4.74 Å². The maximum Gasteiger partial charge on any atom is 0.332 e. The Bertz CT molecular complexity index is 1210. The van der Waals surface area contributed by atoms with Crippen LogP contribution in [-0.2, 0) is 20.6 Å². The monoisotopic (exact) mass is 397 g/mol. The highest BCUT2D eigenvalue weighted by molar-refractivity contribution is 5.97. The fourth-order valence-corrected chi connectivity index (χ4v) is 3.72. The van der Waals surface area contributed by atoms with Gasteiger partial charge in [0.05, 0.1) is 5.56 Å². The molecule has 3 heterocycles. The molecule has 0 radical (unpaired) electrons. The summed E-state index contributed by atoms with van der Waals surface area (Å²) in [6, 6.07) is 7.17. The number of rotatable bonds is 4.